The third-order valence-corrected chi connectivity index (χ3v) is 6.24. The first-order chi connectivity index (χ1) is 12.7. The Morgan fingerprint density at radius 1 is 1.12 bits per heavy atom. The fraction of sp³-hybridized carbons (Fsp3) is 0.263. The number of anilines is 1. The van der Waals surface area contributed by atoms with Crippen LogP contribution in [0.15, 0.2) is 40.4 Å². The van der Waals surface area contributed by atoms with E-state index in [-0.39, 0.29) is 5.91 Å². The SMILES string of the molecule is O=C(Nc1ccc2c(c1)OC1(CCCC1)O2)c1csc(-c2ccsc2)n1. The lowest BCUT2D eigenvalue weighted by atomic mass is 10.2. The van der Waals surface area contributed by atoms with Crippen LogP contribution in [0.1, 0.15) is 36.2 Å². The van der Waals surface area contributed by atoms with Gasteiger partial charge in [-0.15, -0.1) is 11.3 Å². The van der Waals surface area contributed by atoms with Gasteiger partial charge in [-0.1, -0.05) is 0 Å². The van der Waals surface area contributed by atoms with E-state index in [9.17, 15) is 4.79 Å². The maximum atomic E-state index is 12.5. The van der Waals surface area contributed by atoms with Crippen LogP contribution in [0.25, 0.3) is 10.6 Å². The zero-order valence-electron chi connectivity index (χ0n) is 13.9. The van der Waals surface area contributed by atoms with E-state index < -0.39 is 5.79 Å². The standard InChI is InChI=1S/C19H16N2O3S2/c22-17(14-11-26-18(21-14)12-5-8-25-10-12)20-13-3-4-15-16(9-13)24-19(23-15)6-1-2-7-19/h3-5,8-11H,1-2,6-7H2,(H,20,22). The molecule has 1 saturated carbocycles. The van der Waals surface area contributed by atoms with Crippen molar-refractivity contribution in [2.45, 2.75) is 31.5 Å². The first kappa shape index (κ1) is 15.8. The number of fused-ring (bicyclic) bond motifs is 1. The number of ether oxygens (including phenoxy) is 2. The highest BCUT2D eigenvalue weighted by atomic mass is 32.1. The fourth-order valence-corrected chi connectivity index (χ4v) is 4.89. The number of nitrogens with zero attached hydrogens (tertiary/aromatic N) is 1. The number of thiophene rings is 1. The summed E-state index contributed by atoms with van der Waals surface area (Å²) in [6, 6.07) is 7.52. The first-order valence-corrected chi connectivity index (χ1v) is 10.3. The Balaban J connectivity index is 1.32. The van der Waals surface area contributed by atoms with Crippen molar-refractivity contribution in [3.05, 3.63) is 46.1 Å². The highest BCUT2D eigenvalue weighted by molar-refractivity contribution is 7.14. The van der Waals surface area contributed by atoms with E-state index in [1.54, 1.807) is 16.7 Å². The number of carbonyl (C=O) groups is 1. The second-order valence-electron chi connectivity index (χ2n) is 6.49. The second-order valence-corrected chi connectivity index (χ2v) is 8.13. The Morgan fingerprint density at radius 2 is 1.96 bits per heavy atom. The van der Waals surface area contributed by atoms with Gasteiger partial charge >= 0.3 is 0 Å². The van der Waals surface area contributed by atoms with Crippen LogP contribution in [0, 0.1) is 0 Å². The van der Waals surface area contributed by atoms with E-state index in [2.05, 4.69) is 10.3 Å². The van der Waals surface area contributed by atoms with Crippen molar-refractivity contribution in [2.75, 3.05) is 5.32 Å². The molecule has 0 atom stereocenters. The Morgan fingerprint density at radius 3 is 2.77 bits per heavy atom. The lowest BCUT2D eigenvalue weighted by Crippen LogP contribution is -2.34. The van der Waals surface area contributed by atoms with Gasteiger partial charge in [-0.25, -0.2) is 4.98 Å². The molecule has 0 radical (unpaired) electrons. The van der Waals surface area contributed by atoms with E-state index in [4.69, 9.17) is 9.47 Å². The number of nitrogens with one attached hydrogen (secondary N) is 1. The molecule has 1 fully saturated rings. The fourth-order valence-electron chi connectivity index (χ4n) is 3.38. The summed E-state index contributed by atoms with van der Waals surface area (Å²) >= 11 is 3.08. The predicted octanol–water partition coefficient (Wildman–Crippen LogP) is 5.17. The molecule has 5 rings (SSSR count). The average Bonchev–Trinajstić information content (AvgIpc) is 3.42. The third kappa shape index (κ3) is 2.77. The predicted molar refractivity (Wildman–Crippen MR) is 102 cm³/mol. The number of rotatable bonds is 3. The maximum absolute atomic E-state index is 12.5. The quantitative estimate of drug-likeness (QED) is 0.677. The maximum Gasteiger partial charge on any atom is 0.275 e. The van der Waals surface area contributed by atoms with Crippen LogP contribution in [0.2, 0.25) is 0 Å². The third-order valence-electron chi connectivity index (χ3n) is 4.66. The average molecular weight is 384 g/mol. The lowest BCUT2D eigenvalue weighted by Gasteiger charge is -2.21. The van der Waals surface area contributed by atoms with Crippen LogP contribution in [-0.2, 0) is 0 Å². The summed E-state index contributed by atoms with van der Waals surface area (Å²) in [5, 5.41) is 9.56. The smallest absolute Gasteiger partial charge is 0.275 e. The number of hydrogen-bond acceptors (Lipinski definition) is 6. The molecule has 2 aromatic heterocycles. The number of benzene rings is 1. The largest absolute Gasteiger partial charge is 0.448 e. The number of amides is 1. The zero-order valence-corrected chi connectivity index (χ0v) is 15.5. The zero-order chi connectivity index (χ0) is 17.6. The Bertz CT molecular complexity index is 959. The summed E-state index contributed by atoms with van der Waals surface area (Å²) in [7, 11) is 0. The molecule has 1 aliphatic carbocycles. The molecule has 7 heteroatoms. The molecule has 2 aliphatic rings. The minimum Gasteiger partial charge on any atom is -0.448 e. The topological polar surface area (TPSA) is 60.5 Å². The number of aromatic nitrogens is 1. The van der Waals surface area contributed by atoms with Crippen molar-refractivity contribution in [1.82, 2.24) is 4.98 Å². The van der Waals surface area contributed by atoms with Crippen molar-refractivity contribution in [3.8, 4) is 22.1 Å². The van der Waals surface area contributed by atoms with Crippen molar-refractivity contribution in [2.24, 2.45) is 0 Å². The number of thiazole rings is 1. The van der Waals surface area contributed by atoms with Gasteiger partial charge in [-0.05, 0) is 36.4 Å². The molecule has 1 N–H and O–H groups in total. The molecule has 0 saturated heterocycles. The molecule has 1 amide bonds. The van der Waals surface area contributed by atoms with E-state index in [0.717, 1.165) is 42.0 Å². The van der Waals surface area contributed by atoms with Gasteiger partial charge in [0.15, 0.2) is 11.5 Å². The Kier molecular flexibility index (Phi) is 3.72. The molecule has 1 aliphatic heterocycles. The van der Waals surface area contributed by atoms with Gasteiger partial charge < -0.3 is 14.8 Å². The molecular formula is C19H16N2O3S2. The highest BCUT2D eigenvalue weighted by Gasteiger charge is 2.44. The molecule has 26 heavy (non-hydrogen) atoms. The van der Waals surface area contributed by atoms with Gasteiger partial charge in [0.2, 0.25) is 0 Å². The van der Waals surface area contributed by atoms with Crippen LogP contribution in [-0.4, -0.2) is 16.7 Å². The minimum absolute atomic E-state index is 0.225. The molecule has 3 aromatic rings. The molecule has 0 bridgehead atoms. The second kappa shape index (κ2) is 6.10. The first-order valence-electron chi connectivity index (χ1n) is 8.52. The van der Waals surface area contributed by atoms with Crippen molar-refractivity contribution in [1.29, 1.82) is 0 Å². The van der Waals surface area contributed by atoms with E-state index >= 15 is 0 Å². The summed E-state index contributed by atoms with van der Waals surface area (Å²) in [5.74, 6) is 0.729. The number of carbonyl (C=O) groups excluding carboxylic acids is 1. The van der Waals surface area contributed by atoms with Gasteiger partial charge in [-0.2, -0.15) is 11.3 Å². The van der Waals surface area contributed by atoms with E-state index in [1.807, 2.05) is 35.0 Å². The normalized spacial score (nSPS) is 16.9. The van der Waals surface area contributed by atoms with Gasteiger partial charge in [0.05, 0.1) is 0 Å². The summed E-state index contributed by atoms with van der Waals surface area (Å²) in [4.78, 5) is 16.9. The van der Waals surface area contributed by atoms with Gasteiger partial charge in [0.25, 0.3) is 11.7 Å². The van der Waals surface area contributed by atoms with E-state index in [0.29, 0.717) is 17.1 Å². The van der Waals surface area contributed by atoms with Gasteiger partial charge in [0, 0.05) is 40.9 Å². The molecule has 1 aromatic carbocycles. The summed E-state index contributed by atoms with van der Waals surface area (Å²) in [6.07, 6.45) is 4.06. The summed E-state index contributed by atoms with van der Waals surface area (Å²) in [5.41, 5.74) is 2.14. The molecule has 3 heterocycles. The van der Waals surface area contributed by atoms with E-state index in [1.165, 1.54) is 11.3 Å². The molecule has 0 unspecified atom stereocenters. The molecule has 5 nitrogen and oxygen atoms in total. The van der Waals surface area contributed by atoms with Crippen LogP contribution in [0.5, 0.6) is 11.5 Å². The minimum atomic E-state index is -0.491. The Labute approximate surface area is 158 Å². The summed E-state index contributed by atoms with van der Waals surface area (Å²) in [6.45, 7) is 0. The lowest BCUT2D eigenvalue weighted by molar-refractivity contribution is -0.0716. The van der Waals surface area contributed by atoms with Crippen LogP contribution < -0.4 is 14.8 Å². The van der Waals surface area contributed by atoms with Crippen molar-refractivity contribution >= 4 is 34.3 Å². The van der Waals surface area contributed by atoms with Gasteiger partial charge in [0.1, 0.15) is 10.7 Å². The van der Waals surface area contributed by atoms with Crippen LogP contribution in [0.3, 0.4) is 0 Å². The van der Waals surface area contributed by atoms with Gasteiger partial charge in [-0.3, -0.25) is 4.79 Å². The number of hydrogen-bond donors (Lipinski definition) is 1. The molecule has 1 spiro atoms. The van der Waals surface area contributed by atoms with Crippen molar-refractivity contribution in [3.63, 3.8) is 0 Å². The van der Waals surface area contributed by atoms with Crippen LogP contribution in [0.4, 0.5) is 5.69 Å². The highest BCUT2D eigenvalue weighted by Crippen LogP contribution is 2.47. The summed E-state index contributed by atoms with van der Waals surface area (Å²) < 4.78 is 12.1. The van der Waals surface area contributed by atoms with Crippen molar-refractivity contribution < 1.29 is 14.3 Å². The molecular weight excluding hydrogens is 368 g/mol. The van der Waals surface area contributed by atoms with Crippen LogP contribution >= 0.6 is 22.7 Å². The molecule has 132 valence electrons. The Hall–Kier alpha value is -2.38. The monoisotopic (exact) mass is 384 g/mol.